The van der Waals surface area contributed by atoms with Crippen LogP contribution in [-0.4, -0.2) is 26.5 Å². The Labute approximate surface area is 176 Å². The van der Waals surface area contributed by atoms with E-state index in [0.717, 1.165) is 11.8 Å². The number of carbonyl (C=O) groups excluding carboxylic acids is 2. The molecule has 150 valence electrons. The fraction of sp³-hybridized carbons (Fsp3) is 0.100. The first-order chi connectivity index (χ1) is 13.7. The standard InChI is InChI=1S/C20H17BrN2O5S/c1-29(26,27)16-7-5-13(6-8-16)12-22-19(24)14-3-2-4-15(11-14)23-20(25)17-9-10-18(21)28-17/h2-11H,12H2,1H3,(H,22,24)(H,23,25). The number of hydrogen-bond donors (Lipinski definition) is 2. The van der Waals surface area contributed by atoms with Crippen molar-refractivity contribution in [2.24, 2.45) is 0 Å². The van der Waals surface area contributed by atoms with Crippen LogP contribution in [0.3, 0.4) is 0 Å². The van der Waals surface area contributed by atoms with Crippen LogP contribution in [0.2, 0.25) is 0 Å². The molecule has 2 amide bonds. The van der Waals surface area contributed by atoms with Crippen LogP contribution < -0.4 is 10.6 Å². The summed E-state index contributed by atoms with van der Waals surface area (Å²) in [6, 6.07) is 15.9. The van der Waals surface area contributed by atoms with Crippen molar-refractivity contribution in [3.63, 3.8) is 0 Å². The quantitative estimate of drug-likeness (QED) is 0.564. The Morgan fingerprint density at radius 1 is 1.00 bits per heavy atom. The number of carbonyl (C=O) groups is 2. The van der Waals surface area contributed by atoms with Gasteiger partial charge in [-0.1, -0.05) is 18.2 Å². The maximum absolute atomic E-state index is 12.4. The molecule has 0 spiro atoms. The van der Waals surface area contributed by atoms with Crippen LogP contribution in [0.5, 0.6) is 0 Å². The number of furan rings is 1. The highest BCUT2D eigenvalue weighted by atomic mass is 79.9. The highest BCUT2D eigenvalue weighted by Gasteiger charge is 2.12. The second kappa shape index (κ2) is 8.62. The van der Waals surface area contributed by atoms with E-state index in [-0.39, 0.29) is 23.1 Å². The van der Waals surface area contributed by atoms with Gasteiger partial charge in [-0.25, -0.2) is 8.42 Å². The lowest BCUT2D eigenvalue weighted by atomic mass is 10.1. The molecular weight excluding hydrogens is 460 g/mol. The van der Waals surface area contributed by atoms with Crippen molar-refractivity contribution in [1.82, 2.24) is 5.32 Å². The molecule has 1 aromatic heterocycles. The number of anilines is 1. The Bertz CT molecular complexity index is 1150. The third-order valence-electron chi connectivity index (χ3n) is 3.98. The van der Waals surface area contributed by atoms with Crippen molar-refractivity contribution in [3.8, 4) is 0 Å². The Hall–Kier alpha value is -2.91. The van der Waals surface area contributed by atoms with Gasteiger partial charge in [0.15, 0.2) is 20.3 Å². The van der Waals surface area contributed by atoms with Crippen LogP contribution in [0.25, 0.3) is 0 Å². The second-order valence-corrected chi connectivity index (χ2v) is 9.03. The first kappa shape index (κ1) is 20.8. The normalized spacial score (nSPS) is 11.1. The van der Waals surface area contributed by atoms with Gasteiger partial charge in [-0.15, -0.1) is 0 Å². The predicted octanol–water partition coefficient (Wildman–Crippen LogP) is 3.63. The Balaban J connectivity index is 1.62. The van der Waals surface area contributed by atoms with E-state index in [4.69, 9.17) is 4.42 Å². The SMILES string of the molecule is CS(=O)(=O)c1ccc(CNC(=O)c2cccc(NC(=O)c3ccc(Br)o3)c2)cc1. The van der Waals surface area contributed by atoms with Gasteiger partial charge in [0, 0.05) is 24.1 Å². The molecule has 3 aromatic rings. The van der Waals surface area contributed by atoms with Gasteiger partial charge >= 0.3 is 0 Å². The summed E-state index contributed by atoms with van der Waals surface area (Å²) in [5.41, 5.74) is 1.59. The molecule has 0 aliphatic heterocycles. The lowest BCUT2D eigenvalue weighted by Gasteiger charge is -2.08. The molecule has 0 fully saturated rings. The molecule has 2 aromatic carbocycles. The molecule has 2 N–H and O–H groups in total. The van der Waals surface area contributed by atoms with E-state index < -0.39 is 15.7 Å². The van der Waals surface area contributed by atoms with Gasteiger partial charge in [0.05, 0.1) is 4.90 Å². The summed E-state index contributed by atoms with van der Waals surface area (Å²) in [6.45, 7) is 0.236. The maximum atomic E-state index is 12.4. The fourth-order valence-electron chi connectivity index (χ4n) is 2.51. The number of sulfone groups is 1. The van der Waals surface area contributed by atoms with Crippen molar-refractivity contribution in [2.75, 3.05) is 11.6 Å². The Morgan fingerprint density at radius 2 is 1.72 bits per heavy atom. The minimum Gasteiger partial charge on any atom is -0.444 e. The third-order valence-corrected chi connectivity index (χ3v) is 5.54. The molecule has 0 unspecified atom stereocenters. The zero-order valence-electron chi connectivity index (χ0n) is 15.3. The van der Waals surface area contributed by atoms with Crippen molar-refractivity contribution in [1.29, 1.82) is 0 Å². The van der Waals surface area contributed by atoms with Gasteiger partial charge in [-0.2, -0.15) is 0 Å². The summed E-state index contributed by atoms with van der Waals surface area (Å²) in [7, 11) is -3.26. The minimum atomic E-state index is -3.26. The third kappa shape index (κ3) is 5.55. The smallest absolute Gasteiger partial charge is 0.291 e. The number of hydrogen-bond acceptors (Lipinski definition) is 5. The van der Waals surface area contributed by atoms with E-state index in [1.165, 1.54) is 18.2 Å². The van der Waals surface area contributed by atoms with Crippen LogP contribution in [0.1, 0.15) is 26.5 Å². The van der Waals surface area contributed by atoms with Gasteiger partial charge in [-0.05, 0) is 64.0 Å². The molecule has 0 atom stereocenters. The number of nitrogens with one attached hydrogen (secondary N) is 2. The van der Waals surface area contributed by atoms with E-state index >= 15 is 0 Å². The van der Waals surface area contributed by atoms with E-state index in [1.807, 2.05) is 0 Å². The summed E-state index contributed by atoms with van der Waals surface area (Å²) in [6.07, 6.45) is 1.14. The van der Waals surface area contributed by atoms with Gasteiger partial charge in [0.25, 0.3) is 11.8 Å². The van der Waals surface area contributed by atoms with Crippen LogP contribution in [0, 0.1) is 0 Å². The average molecular weight is 477 g/mol. The molecule has 7 nitrogen and oxygen atoms in total. The van der Waals surface area contributed by atoms with Gasteiger partial charge in [-0.3, -0.25) is 9.59 Å². The first-order valence-electron chi connectivity index (χ1n) is 8.46. The van der Waals surface area contributed by atoms with E-state index in [0.29, 0.717) is 15.9 Å². The molecule has 0 radical (unpaired) electrons. The summed E-state index contributed by atoms with van der Waals surface area (Å²) in [5, 5.41) is 5.43. The molecule has 1 heterocycles. The maximum Gasteiger partial charge on any atom is 0.291 e. The minimum absolute atomic E-state index is 0.143. The van der Waals surface area contributed by atoms with Crippen LogP contribution >= 0.6 is 15.9 Å². The highest BCUT2D eigenvalue weighted by Crippen LogP contribution is 2.17. The fourth-order valence-corrected chi connectivity index (χ4v) is 3.44. The molecule has 0 aliphatic rings. The van der Waals surface area contributed by atoms with Crippen LogP contribution in [0.15, 0.2) is 74.6 Å². The second-order valence-electron chi connectivity index (χ2n) is 6.24. The lowest BCUT2D eigenvalue weighted by Crippen LogP contribution is -2.23. The lowest BCUT2D eigenvalue weighted by molar-refractivity contribution is 0.0949. The summed E-state index contributed by atoms with van der Waals surface area (Å²) < 4.78 is 28.6. The topological polar surface area (TPSA) is 105 Å². The van der Waals surface area contributed by atoms with Crippen molar-refractivity contribution >= 4 is 43.3 Å². The Morgan fingerprint density at radius 3 is 2.34 bits per heavy atom. The monoisotopic (exact) mass is 476 g/mol. The zero-order valence-corrected chi connectivity index (χ0v) is 17.7. The van der Waals surface area contributed by atoms with Gasteiger partial charge in [0.2, 0.25) is 0 Å². The summed E-state index contributed by atoms with van der Waals surface area (Å²) >= 11 is 3.14. The number of rotatable bonds is 6. The average Bonchev–Trinajstić information content (AvgIpc) is 3.12. The van der Waals surface area contributed by atoms with Gasteiger partial charge < -0.3 is 15.1 Å². The number of benzene rings is 2. The molecule has 29 heavy (non-hydrogen) atoms. The number of halogens is 1. The van der Waals surface area contributed by atoms with Crippen molar-refractivity contribution < 1.29 is 22.4 Å². The van der Waals surface area contributed by atoms with Crippen LogP contribution in [-0.2, 0) is 16.4 Å². The van der Waals surface area contributed by atoms with E-state index in [1.54, 1.807) is 42.5 Å². The van der Waals surface area contributed by atoms with Crippen LogP contribution in [0.4, 0.5) is 5.69 Å². The molecule has 0 bridgehead atoms. The molecule has 3 rings (SSSR count). The van der Waals surface area contributed by atoms with Crippen molar-refractivity contribution in [2.45, 2.75) is 11.4 Å². The zero-order chi connectivity index (χ0) is 21.0. The largest absolute Gasteiger partial charge is 0.444 e. The molecule has 0 saturated carbocycles. The number of amides is 2. The first-order valence-corrected chi connectivity index (χ1v) is 11.1. The van der Waals surface area contributed by atoms with E-state index in [2.05, 4.69) is 26.6 Å². The predicted molar refractivity (Wildman–Crippen MR) is 112 cm³/mol. The highest BCUT2D eigenvalue weighted by molar-refractivity contribution is 9.10. The van der Waals surface area contributed by atoms with Crippen molar-refractivity contribution in [3.05, 3.63) is 82.2 Å². The molecular formula is C20H17BrN2O5S. The molecule has 9 heteroatoms. The van der Waals surface area contributed by atoms with Gasteiger partial charge in [0.1, 0.15) is 0 Å². The summed E-state index contributed by atoms with van der Waals surface area (Å²) in [5.74, 6) is -0.613. The van der Waals surface area contributed by atoms with E-state index in [9.17, 15) is 18.0 Å². The Kier molecular flexibility index (Phi) is 6.19. The molecule has 0 aliphatic carbocycles. The molecule has 0 saturated heterocycles. The summed E-state index contributed by atoms with van der Waals surface area (Å²) in [4.78, 5) is 24.8.